The van der Waals surface area contributed by atoms with E-state index in [1.807, 2.05) is 55.3 Å². The fraction of sp³-hybridized carbons (Fsp3) is 0.500. The number of carbonyl (C=O) groups excluding carboxylic acids is 3. The summed E-state index contributed by atoms with van der Waals surface area (Å²) in [5.41, 5.74) is -1.07. The maximum atomic E-state index is 13.8. The molecule has 4 rings (SSSR count). The fourth-order valence-electron chi connectivity index (χ4n) is 4.72. The van der Waals surface area contributed by atoms with Gasteiger partial charge in [0.2, 0.25) is 5.91 Å². The van der Waals surface area contributed by atoms with Gasteiger partial charge < -0.3 is 10.2 Å². The number of nitrogens with zero attached hydrogens (tertiary/aromatic N) is 3. The van der Waals surface area contributed by atoms with Crippen LogP contribution in [-0.4, -0.2) is 52.3 Å². The maximum absolute atomic E-state index is 13.8. The molecule has 1 atom stereocenters. The van der Waals surface area contributed by atoms with Crippen molar-refractivity contribution in [3.05, 3.63) is 52.5 Å². The van der Waals surface area contributed by atoms with Crippen LogP contribution >= 0.6 is 11.3 Å². The Balaban J connectivity index is 1.58. The molecule has 0 bridgehead atoms. The number of piperidine rings is 1. The molecule has 2 aliphatic heterocycles. The Morgan fingerprint density at radius 1 is 1.19 bits per heavy atom. The summed E-state index contributed by atoms with van der Waals surface area (Å²) >= 11 is 1.62. The van der Waals surface area contributed by atoms with Crippen molar-refractivity contribution >= 4 is 29.2 Å². The molecule has 4 heterocycles. The number of imide groups is 1. The van der Waals surface area contributed by atoms with Gasteiger partial charge in [0.05, 0.1) is 5.69 Å². The molecule has 0 unspecified atom stereocenters. The van der Waals surface area contributed by atoms with Crippen molar-refractivity contribution in [3.63, 3.8) is 0 Å². The average molecular weight is 455 g/mol. The lowest BCUT2D eigenvalue weighted by Gasteiger charge is -2.41. The number of likely N-dealkylation sites (tertiary alicyclic amines) is 1. The van der Waals surface area contributed by atoms with Crippen molar-refractivity contribution in [2.24, 2.45) is 11.3 Å². The van der Waals surface area contributed by atoms with Crippen LogP contribution in [0, 0.1) is 11.3 Å². The molecule has 2 aliphatic rings. The van der Waals surface area contributed by atoms with Crippen LogP contribution in [0.1, 0.15) is 44.2 Å². The third-order valence-electron chi connectivity index (χ3n) is 6.40. The monoisotopic (exact) mass is 454 g/mol. The van der Waals surface area contributed by atoms with Gasteiger partial charge in [-0.1, -0.05) is 32.9 Å². The molecule has 2 fully saturated rings. The molecule has 0 aliphatic carbocycles. The molecular formula is C24H30N4O3S. The SMILES string of the molecule is CC(C)(C)C(=O)N1CCC([C@]2(c3ccccn3)NC(=O)N(CCc3cccs3)C2=O)CC1. The molecule has 8 heteroatoms. The van der Waals surface area contributed by atoms with Crippen molar-refractivity contribution in [1.82, 2.24) is 20.1 Å². The van der Waals surface area contributed by atoms with Gasteiger partial charge in [-0.3, -0.25) is 19.5 Å². The number of hydrogen-bond acceptors (Lipinski definition) is 5. The Labute approximate surface area is 192 Å². The number of thiophene rings is 1. The van der Waals surface area contributed by atoms with Gasteiger partial charge in [0, 0.05) is 42.0 Å². The van der Waals surface area contributed by atoms with Crippen molar-refractivity contribution in [1.29, 1.82) is 0 Å². The normalized spacial score (nSPS) is 22.3. The number of hydrogen-bond donors (Lipinski definition) is 1. The van der Waals surface area contributed by atoms with Crippen LogP contribution in [-0.2, 0) is 21.5 Å². The predicted molar refractivity (Wildman–Crippen MR) is 123 cm³/mol. The van der Waals surface area contributed by atoms with E-state index >= 15 is 0 Å². The van der Waals surface area contributed by atoms with Crippen LogP contribution in [0.2, 0.25) is 0 Å². The van der Waals surface area contributed by atoms with E-state index in [1.165, 1.54) is 4.90 Å². The van der Waals surface area contributed by atoms with E-state index in [1.54, 1.807) is 23.6 Å². The van der Waals surface area contributed by atoms with E-state index in [4.69, 9.17) is 0 Å². The van der Waals surface area contributed by atoms with Gasteiger partial charge in [-0.2, -0.15) is 0 Å². The molecule has 7 nitrogen and oxygen atoms in total. The van der Waals surface area contributed by atoms with Gasteiger partial charge in [-0.05, 0) is 42.8 Å². The van der Waals surface area contributed by atoms with E-state index in [0.717, 1.165) is 4.88 Å². The topological polar surface area (TPSA) is 82.6 Å². The van der Waals surface area contributed by atoms with Gasteiger partial charge in [0.1, 0.15) is 0 Å². The second-order valence-corrected chi connectivity index (χ2v) is 10.6. The third kappa shape index (κ3) is 4.03. The Kier molecular flexibility index (Phi) is 6.07. The summed E-state index contributed by atoms with van der Waals surface area (Å²) in [6, 6.07) is 9.07. The van der Waals surface area contributed by atoms with E-state index in [0.29, 0.717) is 44.6 Å². The minimum Gasteiger partial charge on any atom is -0.342 e. The first-order valence-electron chi connectivity index (χ1n) is 11.1. The number of urea groups is 1. The van der Waals surface area contributed by atoms with Gasteiger partial charge >= 0.3 is 6.03 Å². The molecule has 1 N–H and O–H groups in total. The molecule has 2 aromatic heterocycles. The summed E-state index contributed by atoms with van der Waals surface area (Å²) in [5.74, 6) is -0.259. The lowest BCUT2D eigenvalue weighted by Crippen LogP contribution is -2.55. The van der Waals surface area contributed by atoms with Crippen LogP contribution < -0.4 is 5.32 Å². The lowest BCUT2D eigenvalue weighted by molar-refractivity contribution is -0.142. The van der Waals surface area contributed by atoms with Crippen molar-refractivity contribution in [3.8, 4) is 0 Å². The zero-order chi connectivity index (χ0) is 22.9. The zero-order valence-corrected chi connectivity index (χ0v) is 19.7. The fourth-order valence-corrected chi connectivity index (χ4v) is 5.42. The van der Waals surface area contributed by atoms with E-state index < -0.39 is 11.0 Å². The predicted octanol–water partition coefficient (Wildman–Crippen LogP) is 3.42. The molecule has 4 amide bonds. The third-order valence-corrected chi connectivity index (χ3v) is 7.33. The standard InChI is InChI=1S/C24H30N4O3S/c1-23(2,3)20(29)27-13-9-17(10-14-27)24(19-8-4-5-12-25-19)21(30)28(22(31)26-24)15-11-18-7-6-16-32-18/h4-8,12,16-17H,9-11,13-15H2,1-3H3,(H,26,31)/t24-/m1/s1. The van der Waals surface area contributed by atoms with Crippen LogP contribution in [0.5, 0.6) is 0 Å². The summed E-state index contributed by atoms with van der Waals surface area (Å²) in [4.78, 5) is 48.3. The molecule has 0 spiro atoms. The highest BCUT2D eigenvalue weighted by Gasteiger charge is 2.58. The molecule has 0 radical (unpaired) electrons. The van der Waals surface area contributed by atoms with Crippen molar-refractivity contribution in [2.75, 3.05) is 19.6 Å². The van der Waals surface area contributed by atoms with Crippen LogP contribution in [0.25, 0.3) is 0 Å². The Hall–Kier alpha value is -2.74. The average Bonchev–Trinajstić information content (AvgIpc) is 3.39. The highest BCUT2D eigenvalue weighted by molar-refractivity contribution is 7.09. The van der Waals surface area contributed by atoms with E-state index in [-0.39, 0.29) is 23.8 Å². The first kappa shape index (κ1) is 22.5. The summed E-state index contributed by atoms with van der Waals surface area (Å²) in [6.07, 6.45) is 3.54. The quantitative estimate of drug-likeness (QED) is 0.702. The minimum atomic E-state index is -1.19. The first-order chi connectivity index (χ1) is 15.2. The highest BCUT2D eigenvalue weighted by Crippen LogP contribution is 2.41. The summed E-state index contributed by atoms with van der Waals surface area (Å²) in [7, 11) is 0. The molecule has 2 saturated heterocycles. The molecule has 32 heavy (non-hydrogen) atoms. The highest BCUT2D eigenvalue weighted by atomic mass is 32.1. The van der Waals surface area contributed by atoms with Gasteiger partial charge in [0.25, 0.3) is 5.91 Å². The number of nitrogens with one attached hydrogen (secondary N) is 1. The molecular weight excluding hydrogens is 424 g/mol. The first-order valence-corrected chi connectivity index (χ1v) is 12.0. The summed E-state index contributed by atoms with van der Waals surface area (Å²) in [6.45, 7) is 7.22. The van der Waals surface area contributed by atoms with Crippen LogP contribution in [0.15, 0.2) is 41.9 Å². The molecule has 170 valence electrons. The van der Waals surface area contributed by atoms with E-state index in [2.05, 4.69) is 10.3 Å². The maximum Gasteiger partial charge on any atom is 0.325 e. The smallest absolute Gasteiger partial charge is 0.325 e. The zero-order valence-electron chi connectivity index (χ0n) is 18.8. The van der Waals surface area contributed by atoms with E-state index in [9.17, 15) is 14.4 Å². The van der Waals surface area contributed by atoms with Gasteiger partial charge in [-0.15, -0.1) is 11.3 Å². The van der Waals surface area contributed by atoms with Crippen LogP contribution in [0.3, 0.4) is 0 Å². The second kappa shape index (κ2) is 8.65. The van der Waals surface area contributed by atoms with Crippen LogP contribution in [0.4, 0.5) is 4.79 Å². The van der Waals surface area contributed by atoms with Gasteiger partial charge in [-0.25, -0.2) is 4.79 Å². The minimum absolute atomic E-state index is 0.113. The summed E-state index contributed by atoms with van der Waals surface area (Å²) in [5, 5.41) is 5.02. The molecule has 0 saturated carbocycles. The molecule has 2 aromatic rings. The number of amides is 4. The Morgan fingerprint density at radius 2 is 1.94 bits per heavy atom. The lowest BCUT2D eigenvalue weighted by atomic mass is 9.74. The largest absolute Gasteiger partial charge is 0.342 e. The molecule has 0 aromatic carbocycles. The Morgan fingerprint density at radius 3 is 2.53 bits per heavy atom. The summed E-state index contributed by atoms with van der Waals surface area (Å²) < 4.78 is 0. The second-order valence-electron chi connectivity index (χ2n) is 9.56. The van der Waals surface area contributed by atoms with Crippen molar-refractivity contribution < 1.29 is 14.4 Å². The number of pyridine rings is 1. The number of rotatable bonds is 5. The Bertz CT molecular complexity index is 978. The number of aromatic nitrogens is 1. The van der Waals surface area contributed by atoms with Gasteiger partial charge in [0.15, 0.2) is 5.54 Å². The number of carbonyl (C=O) groups is 3. The van der Waals surface area contributed by atoms with Crippen molar-refractivity contribution in [2.45, 2.75) is 45.6 Å².